The maximum atomic E-state index is 12.5. The molecule has 0 radical (unpaired) electrons. The van der Waals surface area contributed by atoms with Gasteiger partial charge in [0.1, 0.15) is 12.4 Å². The minimum Gasteiger partial charge on any atom is -0.493 e. The van der Waals surface area contributed by atoms with Crippen LogP contribution in [0, 0.1) is 0 Å². The Kier molecular flexibility index (Phi) is 9.39. The fourth-order valence-corrected chi connectivity index (χ4v) is 3.65. The third-order valence-corrected chi connectivity index (χ3v) is 5.39. The highest BCUT2D eigenvalue weighted by molar-refractivity contribution is 9.10. The average molecular weight is 510 g/mol. The summed E-state index contributed by atoms with van der Waals surface area (Å²) >= 11 is 3.56. The normalized spacial score (nSPS) is 10.8. The van der Waals surface area contributed by atoms with E-state index in [1.807, 2.05) is 66.7 Å². The third-order valence-electron chi connectivity index (χ3n) is 4.81. The van der Waals surface area contributed by atoms with Crippen LogP contribution in [0.3, 0.4) is 0 Å². The summed E-state index contributed by atoms with van der Waals surface area (Å²) in [5, 5.41) is 2.88. The Morgan fingerprint density at radius 2 is 1.76 bits per heavy atom. The number of para-hydroxylation sites is 2. The maximum Gasteiger partial charge on any atom is 0.248 e. The largest absolute Gasteiger partial charge is 0.493 e. The van der Waals surface area contributed by atoms with Crippen LogP contribution in [0.1, 0.15) is 30.9 Å². The van der Waals surface area contributed by atoms with Crippen LogP contribution in [0.4, 0.5) is 5.69 Å². The highest BCUT2D eigenvalue weighted by Crippen LogP contribution is 2.37. The van der Waals surface area contributed by atoms with E-state index >= 15 is 0 Å². The van der Waals surface area contributed by atoms with Crippen molar-refractivity contribution < 1.29 is 19.0 Å². The van der Waals surface area contributed by atoms with Gasteiger partial charge in [-0.3, -0.25) is 4.79 Å². The van der Waals surface area contributed by atoms with Crippen molar-refractivity contribution in [2.75, 3.05) is 19.0 Å². The molecular weight excluding hydrogens is 482 g/mol. The first-order chi connectivity index (χ1) is 16.1. The molecule has 0 bridgehead atoms. The van der Waals surface area contributed by atoms with Crippen LogP contribution in [-0.2, 0) is 11.4 Å². The van der Waals surface area contributed by atoms with E-state index in [2.05, 4.69) is 28.2 Å². The Balaban J connectivity index is 1.67. The van der Waals surface area contributed by atoms with Gasteiger partial charge in [0.15, 0.2) is 11.5 Å². The molecule has 172 valence electrons. The molecule has 3 aromatic carbocycles. The molecule has 0 unspecified atom stereocenters. The van der Waals surface area contributed by atoms with E-state index < -0.39 is 0 Å². The molecule has 3 aromatic rings. The number of carbonyl (C=O) groups excluding carboxylic acids is 1. The van der Waals surface area contributed by atoms with E-state index in [1.165, 1.54) is 6.08 Å². The summed E-state index contributed by atoms with van der Waals surface area (Å²) in [7, 11) is 1.59. The Morgan fingerprint density at radius 3 is 2.52 bits per heavy atom. The van der Waals surface area contributed by atoms with Crippen LogP contribution in [0.15, 0.2) is 77.3 Å². The van der Waals surface area contributed by atoms with Crippen molar-refractivity contribution >= 4 is 33.6 Å². The van der Waals surface area contributed by atoms with Crippen molar-refractivity contribution in [3.05, 3.63) is 88.4 Å². The lowest BCUT2D eigenvalue weighted by Gasteiger charge is -2.14. The summed E-state index contributed by atoms with van der Waals surface area (Å²) in [6.07, 6.45) is 5.22. The number of halogens is 1. The van der Waals surface area contributed by atoms with Crippen LogP contribution in [0.25, 0.3) is 6.08 Å². The Morgan fingerprint density at radius 1 is 1.00 bits per heavy atom. The molecule has 0 aliphatic heterocycles. The Bertz CT molecular complexity index is 1080. The molecule has 0 heterocycles. The number of carbonyl (C=O) groups is 1. The summed E-state index contributed by atoms with van der Waals surface area (Å²) in [5.74, 6) is 1.61. The third kappa shape index (κ3) is 7.39. The predicted molar refractivity (Wildman–Crippen MR) is 136 cm³/mol. The molecule has 0 saturated heterocycles. The first kappa shape index (κ1) is 24.4. The molecule has 0 aromatic heterocycles. The molecule has 0 aliphatic rings. The van der Waals surface area contributed by atoms with Gasteiger partial charge < -0.3 is 19.5 Å². The molecule has 5 nitrogen and oxygen atoms in total. The fourth-order valence-electron chi connectivity index (χ4n) is 3.07. The Hall–Kier alpha value is -3.25. The van der Waals surface area contributed by atoms with Gasteiger partial charge in [-0.15, -0.1) is 0 Å². The monoisotopic (exact) mass is 509 g/mol. The lowest BCUT2D eigenvalue weighted by Crippen LogP contribution is -2.09. The van der Waals surface area contributed by atoms with Crippen LogP contribution in [0.5, 0.6) is 17.2 Å². The molecule has 6 heteroatoms. The summed E-state index contributed by atoms with van der Waals surface area (Å²) in [6, 6.07) is 21.1. The quantitative estimate of drug-likeness (QED) is 0.226. The second-order valence-electron chi connectivity index (χ2n) is 7.33. The molecule has 0 saturated carbocycles. The van der Waals surface area contributed by atoms with E-state index in [9.17, 15) is 4.79 Å². The van der Waals surface area contributed by atoms with Crippen LogP contribution in [0.2, 0.25) is 0 Å². The van der Waals surface area contributed by atoms with Crippen molar-refractivity contribution in [2.45, 2.75) is 26.4 Å². The zero-order valence-electron chi connectivity index (χ0n) is 18.8. The van der Waals surface area contributed by atoms with Gasteiger partial charge in [0.25, 0.3) is 0 Å². The van der Waals surface area contributed by atoms with E-state index in [4.69, 9.17) is 14.2 Å². The summed E-state index contributed by atoms with van der Waals surface area (Å²) in [5.41, 5.74) is 2.51. The second-order valence-corrected chi connectivity index (χ2v) is 8.18. The molecule has 1 N–H and O–H groups in total. The van der Waals surface area contributed by atoms with Gasteiger partial charge in [0.05, 0.1) is 23.9 Å². The van der Waals surface area contributed by atoms with Crippen molar-refractivity contribution in [3.8, 4) is 17.2 Å². The highest BCUT2D eigenvalue weighted by Gasteiger charge is 2.12. The minimum atomic E-state index is -0.249. The second kappa shape index (κ2) is 12.7. The number of nitrogens with one attached hydrogen (secondary N) is 1. The number of benzene rings is 3. The van der Waals surface area contributed by atoms with Crippen molar-refractivity contribution in [2.24, 2.45) is 0 Å². The van der Waals surface area contributed by atoms with E-state index in [1.54, 1.807) is 13.2 Å². The lowest BCUT2D eigenvalue weighted by molar-refractivity contribution is -0.111. The standard InChI is InChI=1S/C27H28BrNO4/c1-3-4-16-32-24-13-9-8-12-23(24)29-26(30)15-14-21-17-22(28)27(25(18-21)31-2)33-19-20-10-6-5-7-11-20/h5-15,17-18H,3-4,16,19H2,1-2H3,(H,29,30)/b15-14+. The van der Waals surface area contributed by atoms with Crippen LogP contribution >= 0.6 is 15.9 Å². The van der Waals surface area contributed by atoms with Gasteiger partial charge in [-0.1, -0.05) is 55.8 Å². The van der Waals surface area contributed by atoms with E-state index in [0.717, 1.165) is 28.4 Å². The van der Waals surface area contributed by atoms with Gasteiger partial charge >= 0.3 is 0 Å². The summed E-state index contributed by atoms with van der Waals surface area (Å²) < 4.78 is 18.0. The molecule has 0 atom stereocenters. The van der Waals surface area contributed by atoms with Crippen LogP contribution in [-0.4, -0.2) is 19.6 Å². The first-order valence-electron chi connectivity index (χ1n) is 10.9. The van der Waals surface area contributed by atoms with Crippen LogP contribution < -0.4 is 19.5 Å². The van der Waals surface area contributed by atoms with Gasteiger partial charge in [0, 0.05) is 6.08 Å². The SMILES string of the molecule is CCCCOc1ccccc1NC(=O)/C=C/c1cc(Br)c(OCc2ccccc2)c(OC)c1. The van der Waals surface area contributed by atoms with Gasteiger partial charge in [0.2, 0.25) is 5.91 Å². The average Bonchev–Trinajstić information content (AvgIpc) is 2.83. The summed E-state index contributed by atoms with van der Waals surface area (Å²) in [4.78, 5) is 12.5. The van der Waals surface area contributed by atoms with Gasteiger partial charge in [-0.2, -0.15) is 0 Å². The number of ether oxygens (including phenoxy) is 3. The number of unbranched alkanes of at least 4 members (excludes halogenated alkanes) is 1. The molecule has 3 rings (SSSR count). The number of methoxy groups -OCH3 is 1. The smallest absolute Gasteiger partial charge is 0.248 e. The topological polar surface area (TPSA) is 56.8 Å². The zero-order chi connectivity index (χ0) is 23.5. The van der Waals surface area contributed by atoms with Gasteiger partial charge in [-0.05, 0) is 63.8 Å². The number of hydrogen-bond donors (Lipinski definition) is 1. The first-order valence-corrected chi connectivity index (χ1v) is 11.6. The molecule has 1 amide bonds. The minimum absolute atomic E-state index is 0.249. The summed E-state index contributed by atoms with van der Waals surface area (Å²) in [6.45, 7) is 3.15. The molecule has 0 spiro atoms. The van der Waals surface area contributed by atoms with Crippen molar-refractivity contribution in [3.63, 3.8) is 0 Å². The number of rotatable bonds is 11. The predicted octanol–water partition coefficient (Wildman–Crippen LogP) is 6.87. The molecule has 0 aliphatic carbocycles. The number of anilines is 1. The fraction of sp³-hybridized carbons (Fsp3) is 0.222. The Labute approximate surface area is 203 Å². The highest BCUT2D eigenvalue weighted by atomic mass is 79.9. The molecular formula is C27H28BrNO4. The lowest BCUT2D eigenvalue weighted by atomic mass is 10.2. The van der Waals surface area contributed by atoms with Crippen molar-refractivity contribution in [1.82, 2.24) is 0 Å². The van der Waals surface area contributed by atoms with Gasteiger partial charge in [-0.25, -0.2) is 0 Å². The maximum absolute atomic E-state index is 12.5. The number of amides is 1. The van der Waals surface area contributed by atoms with E-state index in [-0.39, 0.29) is 5.91 Å². The van der Waals surface area contributed by atoms with E-state index in [0.29, 0.717) is 36.1 Å². The van der Waals surface area contributed by atoms with Crippen molar-refractivity contribution in [1.29, 1.82) is 0 Å². The zero-order valence-corrected chi connectivity index (χ0v) is 20.4. The molecule has 33 heavy (non-hydrogen) atoms. The number of hydrogen-bond acceptors (Lipinski definition) is 4. The molecule has 0 fully saturated rings.